The van der Waals surface area contributed by atoms with E-state index in [1.54, 1.807) is 54.8 Å². The molecule has 7 nitrogen and oxygen atoms in total. The van der Waals surface area contributed by atoms with Gasteiger partial charge in [0.2, 0.25) is 6.79 Å². The Morgan fingerprint density at radius 3 is 2.66 bits per heavy atom. The molecule has 150 valence electrons. The first-order valence-electron chi connectivity index (χ1n) is 8.76. The second kappa shape index (κ2) is 7.76. The molecule has 1 N–H and O–H groups in total. The summed E-state index contributed by atoms with van der Waals surface area (Å²) in [5.74, 6) is 0.316. The van der Waals surface area contributed by atoms with Crippen LogP contribution in [0.2, 0.25) is 0 Å². The topological polar surface area (TPSA) is 90.9 Å². The number of anilines is 1. The maximum Gasteiger partial charge on any atom is 0.349 e. The minimum Gasteiger partial charge on any atom is -0.462 e. The van der Waals surface area contributed by atoms with Gasteiger partial charge in [0, 0.05) is 17.0 Å². The third-order valence-electron chi connectivity index (χ3n) is 4.18. The number of nitrogens with one attached hydrogen (secondary N) is 1. The number of benzene rings is 2. The fourth-order valence-corrected chi connectivity index (χ4v) is 5.68. The van der Waals surface area contributed by atoms with Crippen LogP contribution in [0.25, 0.3) is 11.1 Å². The van der Waals surface area contributed by atoms with Crippen LogP contribution in [0.3, 0.4) is 0 Å². The summed E-state index contributed by atoms with van der Waals surface area (Å²) >= 11 is 1.04. The van der Waals surface area contributed by atoms with Crippen LogP contribution in [0.4, 0.5) is 5.69 Å². The molecule has 0 saturated heterocycles. The number of fused-ring (bicyclic) bond motifs is 1. The van der Waals surface area contributed by atoms with Crippen molar-refractivity contribution in [2.45, 2.75) is 11.8 Å². The molecule has 0 unspecified atom stereocenters. The average molecular weight is 431 g/mol. The Hall–Kier alpha value is -3.04. The van der Waals surface area contributed by atoms with Crippen LogP contribution in [-0.2, 0) is 14.8 Å². The van der Waals surface area contributed by atoms with Gasteiger partial charge in [-0.25, -0.2) is 13.2 Å². The molecule has 1 aromatic heterocycles. The molecule has 0 bridgehead atoms. The number of esters is 1. The maximum atomic E-state index is 13.3. The van der Waals surface area contributed by atoms with E-state index in [0.29, 0.717) is 28.3 Å². The van der Waals surface area contributed by atoms with E-state index in [1.165, 1.54) is 0 Å². The number of sulfonamides is 1. The molecule has 3 aromatic rings. The zero-order valence-electron chi connectivity index (χ0n) is 15.4. The van der Waals surface area contributed by atoms with Gasteiger partial charge in [-0.05, 0) is 24.6 Å². The number of hydrogen-bond acceptors (Lipinski definition) is 7. The maximum absolute atomic E-state index is 13.3. The van der Waals surface area contributed by atoms with Crippen molar-refractivity contribution in [1.29, 1.82) is 0 Å². The minimum atomic E-state index is -4.10. The van der Waals surface area contributed by atoms with E-state index in [1.807, 2.05) is 6.07 Å². The number of carbonyl (C=O) groups is 1. The molecule has 0 radical (unpaired) electrons. The second-order valence-electron chi connectivity index (χ2n) is 6.07. The highest BCUT2D eigenvalue weighted by Crippen LogP contribution is 2.38. The van der Waals surface area contributed by atoms with Gasteiger partial charge < -0.3 is 14.2 Å². The van der Waals surface area contributed by atoms with Crippen molar-refractivity contribution in [2.75, 3.05) is 18.1 Å². The largest absolute Gasteiger partial charge is 0.462 e. The Morgan fingerprint density at radius 1 is 1.14 bits per heavy atom. The SMILES string of the molecule is CCOC(=O)c1scc(-c2ccccc2)c1S(=O)(=O)Nc1ccc2c(c1)OCO2. The summed E-state index contributed by atoms with van der Waals surface area (Å²) in [6, 6.07) is 13.8. The van der Waals surface area contributed by atoms with Crippen molar-refractivity contribution >= 4 is 33.0 Å². The fourth-order valence-electron chi connectivity index (χ4n) is 2.93. The average Bonchev–Trinajstić information content (AvgIpc) is 3.35. The van der Waals surface area contributed by atoms with Gasteiger partial charge in [0.1, 0.15) is 9.77 Å². The van der Waals surface area contributed by atoms with Crippen LogP contribution in [0.15, 0.2) is 58.8 Å². The smallest absolute Gasteiger partial charge is 0.349 e. The Labute approximate surface area is 171 Å². The van der Waals surface area contributed by atoms with Crippen molar-refractivity contribution in [2.24, 2.45) is 0 Å². The standard InChI is InChI=1S/C20H17NO6S2/c1-2-25-20(22)18-19(15(11-28-18)13-6-4-3-5-7-13)29(23,24)21-14-8-9-16-17(10-14)27-12-26-16/h3-11,21H,2,12H2,1H3. The summed E-state index contributed by atoms with van der Waals surface area (Å²) in [6.07, 6.45) is 0. The van der Waals surface area contributed by atoms with Crippen molar-refractivity contribution in [1.82, 2.24) is 0 Å². The molecule has 1 aliphatic rings. The molecule has 1 aliphatic heterocycles. The van der Waals surface area contributed by atoms with Crippen LogP contribution in [0, 0.1) is 0 Å². The number of hydrogen-bond donors (Lipinski definition) is 1. The van der Waals surface area contributed by atoms with Gasteiger partial charge in [0.05, 0.1) is 12.3 Å². The van der Waals surface area contributed by atoms with Crippen molar-refractivity contribution in [3.8, 4) is 22.6 Å². The molecule has 2 aromatic carbocycles. The third kappa shape index (κ3) is 3.79. The minimum absolute atomic E-state index is 0.0268. The van der Waals surface area contributed by atoms with Crippen molar-refractivity contribution < 1.29 is 27.4 Å². The lowest BCUT2D eigenvalue weighted by molar-refractivity contribution is 0.0528. The normalized spacial score (nSPS) is 12.6. The van der Waals surface area contributed by atoms with Gasteiger partial charge >= 0.3 is 5.97 Å². The van der Waals surface area contributed by atoms with Gasteiger partial charge in [-0.3, -0.25) is 4.72 Å². The Bertz CT molecular complexity index is 1150. The van der Waals surface area contributed by atoms with Gasteiger partial charge in [-0.15, -0.1) is 11.3 Å². The van der Waals surface area contributed by atoms with E-state index in [4.69, 9.17) is 14.2 Å². The van der Waals surface area contributed by atoms with E-state index in [9.17, 15) is 13.2 Å². The van der Waals surface area contributed by atoms with Crippen LogP contribution in [0.5, 0.6) is 11.5 Å². The summed E-state index contributed by atoms with van der Waals surface area (Å²) in [7, 11) is -4.10. The zero-order valence-corrected chi connectivity index (χ0v) is 17.0. The first kappa shape index (κ1) is 19.3. The molecule has 0 fully saturated rings. The fraction of sp³-hybridized carbons (Fsp3) is 0.150. The predicted molar refractivity (Wildman–Crippen MR) is 109 cm³/mol. The predicted octanol–water partition coefficient (Wildman–Crippen LogP) is 4.12. The number of carbonyl (C=O) groups excluding carboxylic acids is 1. The van der Waals surface area contributed by atoms with Gasteiger partial charge in [-0.2, -0.15) is 0 Å². The molecular weight excluding hydrogens is 414 g/mol. The Balaban J connectivity index is 1.78. The van der Waals surface area contributed by atoms with Gasteiger partial charge in [0.15, 0.2) is 11.5 Å². The van der Waals surface area contributed by atoms with Gasteiger partial charge in [-0.1, -0.05) is 30.3 Å². The summed E-state index contributed by atoms with van der Waals surface area (Å²) in [5.41, 5.74) is 1.42. The van der Waals surface area contributed by atoms with Crippen LogP contribution < -0.4 is 14.2 Å². The quantitative estimate of drug-likeness (QED) is 0.591. The van der Waals surface area contributed by atoms with Gasteiger partial charge in [0.25, 0.3) is 10.0 Å². The molecule has 29 heavy (non-hydrogen) atoms. The molecule has 0 atom stereocenters. The molecule has 2 heterocycles. The molecule has 9 heteroatoms. The van der Waals surface area contributed by atoms with Crippen LogP contribution in [0.1, 0.15) is 16.6 Å². The first-order valence-corrected chi connectivity index (χ1v) is 11.1. The van der Waals surface area contributed by atoms with E-state index in [2.05, 4.69) is 4.72 Å². The lowest BCUT2D eigenvalue weighted by atomic mass is 10.1. The second-order valence-corrected chi connectivity index (χ2v) is 8.57. The molecule has 4 rings (SSSR count). The Kier molecular flexibility index (Phi) is 5.16. The molecule has 0 saturated carbocycles. The number of ether oxygens (including phenoxy) is 3. The first-order chi connectivity index (χ1) is 14.0. The number of rotatable bonds is 6. The summed E-state index contributed by atoms with van der Waals surface area (Å²) in [6.45, 7) is 1.90. The van der Waals surface area contributed by atoms with Crippen LogP contribution in [-0.4, -0.2) is 27.8 Å². The molecule has 0 aliphatic carbocycles. The summed E-state index contributed by atoms with van der Waals surface area (Å²) in [4.78, 5) is 12.3. The monoisotopic (exact) mass is 431 g/mol. The summed E-state index contributed by atoms with van der Waals surface area (Å²) < 4.78 is 44.8. The zero-order chi connectivity index (χ0) is 20.4. The highest BCUT2D eigenvalue weighted by Gasteiger charge is 2.30. The molecule has 0 spiro atoms. The Morgan fingerprint density at radius 2 is 1.90 bits per heavy atom. The highest BCUT2D eigenvalue weighted by atomic mass is 32.2. The van der Waals surface area contributed by atoms with E-state index in [0.717, 1.165) is 11.3 Å². The van der Waals surface area contributed by atoms with E-state index < -0.39 is 16.0 Å². The van der Waals surface area contributed by atoms with Crippen molar-refractivity contribution in [3.05, 3.63) is 58.8 Å². The summed E-state index contributed by atoms with van der Waals surface area (Å²) in [5, 5.41) is 1.65. The van der Waals surface area contributed by atoms with Crippen molar-refractivity contribution in [3.63, 3.8) is 0 Å². The van der Waals surface area contributed by atoms with Crippen LogP contribution >= 0.6 is 11.3 Å². The highest BCUT2D eigenvalue weighted by molar-refractivity contribution is 7.93. The lowest BCUT2D eigenvalue weighted by Crippen LogP contribution is -2.17. The molecular formula is C20H17NO6S2. The lowest BCUT2D eigenvalue weighted by Gasteiger charge is -2.12. The number of thiophene rings is 1. The third-order valence-corrected chi connectivity index (χ3v) is 6.74. The van der Waals surface area contributed by atoms with E-state index in [-0.39, 0.29) is 23.2 Å². The molecule has 0 amide bonds. The van der Waals surface area contributed by atoms with E-state index >= 15 is 0 Å².